The number of hydrogen-bond donors (Lipinski definition) is 4. The predicted molar refractivity (Wildman–Crippen MR) is 102 cm³/mol. The summed E-state index contributed by atoms with van der Waals surface area (Å²) >= 11 is 0. The SMILES string of the molecule is CNC(=O)CCOc1ccc(NC(=O)CNC(=O)[C@@H](N)C(C)C)cc1.Cl. The summed E-state index contributed by atoms with van der Waals surface area (Å²) in [4.78, 5) is 34.6. The number of carbonyl (C=O) groups is 3. The number of amides is 3. The molecule has 0 radical (unpaired) electrons. The van der Waals surface area contributed by atoms with Crippen LogP contribution in [0, 0.1) is 5.92 Å². The van der Waals surface area contributed by atoms with Gasteiger partial charge in [-0.2, -0.15) is 0 Å². The molecule has 146 valence electrons. The van der Waals surface area contributed by atoms with Gasteiger partial charge >= 0.3 is 0 Å². The Bertz CT molecular complexity index is 593. The van der Waals surface area contributed by atoms with Gasteiger partial charge in [0.1, 0.15) is 5.75 Å². The normalized spacial score (nSPS) is 11.1. The van der Waals surface area contributed by atoms with Crippen molar-refractivity contribution in [3.05, 3.63) is 24.3 Å². The summed E-state index contributed by atoms with van der Waals surface area (Å²) in [6.07, 6.45) is 0.271. The van der Waals surface area contributed by atoms with Crippen molar-refractivity contribution in [1.82, 2.24) is 10.6 Å². The number of hydrogen-bond acceptors (Lipinski definition) is 5. The molecular formula is C17H27ClN4O4. The van der Waals surface area contributed by atoms with E-state index in [9.17, 15) is 14.4 Å². The van der Waals surface area contributed by atoms with Crippen LogP contribution in [0.2, 0.25) is 0 Å². The van der Waals surface area contributed by atoms with E-state index in [2.05, 4.69) is 16.0 Å². The lowest BCUT2D eigenvalue weighted by atomic mass is 10.1. The lowest BCUT2D eigenvalue weighted by Crippen LogP contribution is -2.46. The molecule has 0 fully saturated rings. The van der Waals surface area contributed by atoms with Crippen LogP contribution >= 0.6 is 12.4 Å². The first kappa shape index (κ1) is 23.7. The van der Waals surface area contributed by atoms with E-state index in [-0.39, 0.29) is 55.6 Å². The highest BCUT2D eigenvalue weighted by Gasteiger charge is 2.17. The van der Waals surface area contributed by atoms with Gasteiger partial charge in [0.15, 0.2) is 0 Å². The molecular weight excluding hydrogens is 360 g/mol. The van der Waals surface area contributed by atoms with Crippen molar-refractivity contribution in [2.75, 3.05) is 25.5 Å². The van der Waals surface area contributed by atoms with Gasteiger partial charge < -0.3 is 26.4 Å². The number of nitrogens with one attached hydrogen (secondary N) is 3. The van der Waals surface area contributed by atoms with Gasteiger partial charge in [-0.25, -0.2) is 0 Å². The Morgan fingerprint density at radius 3 is 2.27 bits per heavy atom. The van der Waals surface area contributed by atoms with Gasteiger partial charge in [-0.3, -0.25) is 14.4 Å². The zero-order valence-electron chi connectivity index (χ0n) is 15.2. The molecule has 0 aliphatic rings. The van der Waals surface area contributed by atoms with Crippen LogP contribution in [0.4, 0.5) is 5.69 Å². The maximum atomic E-state index is 11.8. The maximum absolute atomic E-state index is 11.8. The smallest absolute Gasteiger partial charge is 0.243 e. The second kappa shape index (κ2) is 12.1. The molecule has 1 aromatic rings. The molecule has 26 heavy (non-hydrogen) atoms. The van der Waals surface area contributed by atoms with Gasteiger partial charge in [0, 0.05) is 12.7 Å². The molecule has 9 heteroatoms. The van der Waals surface area contributed by atoms with Crippen molar-refractivity contribution in [2.45, 2.75) is 26.3 Å². The van der Waals surface area contributed by atoms with E-state index in [1.165, 1.54) is 0 Å². The van der Waals surface area contributed by atoms with Crippen LogP contribution < -0.4 is 26.4 Å². The number of halogens is 1. The van der Waals surface area contributed by atoms with E-state index in [0.717, 1.165) is 0 Å². The summed E-state index contributed by atoms with van der Waals surface area (Å²) < 4.78 is 5.42. The summed E-state index contributed by atoms with van der Waals surface area (Å²) in [5, 5.41) is 7.67. The number of benzene rings is 1. The topological polar surface area (TPSA) is 123 Å². The maximum Gasteiger partial charge on any atom is 0.243 e. The summed E-state index contributed by atoms with van der Waals surface area (Å²) in [6.45, 7) is 3.79. The Balaban J connectivity index is 0.00000625. The standard InChI is InChI=1S/C17H26N4O4.ClH/c1-11(2)16(18)17(24)20-10-15(23)21-12-4-6-13(7-5-12)25-9-8-14(22)19-3;/h4-7,11,16H,8-10,18H2,1-3H3,(H,19,22)(H,20,24)(H,21,23);1H/t16-;/m0./s1. The molecule has 1 rings (SSSR count). The van der Waals surface area contributed by atoms with Crippen molar-refractivity contribution in [2.24, 2.45) is 11.7 Å². The first-order valence-corrected chi connectivity index (χ1v) is 8.10. The fourth-order valence-electron chi connectivity index (χ4n) is 1.81. The minimum atomic E-state index is -0.640. The molecule has 0 spiro atoms. The Morgan fingerprint density at radius 2 is 1.73 bits per heavy atom. The molecule has 1 aromatic carbocycles. The zero-order valence-corrected chi connectivity index (χ0v) is 16.0. The molecule has 8 nitrogen and oxygen atoms in total. The van der Waals surface area contributed by atoms with Crippen molar-refractivity contribution in [3.8, 4) is 5.75 Å². The molecule has 0 saturated heterocycles. The number of anilines is 1. The first-order valence-electron chi connectivity index (χ1n) is 8.10. The summed E-state index contributed by atoms with van der Waals surface area (Å²) in [5.41, 5.74) is 6.28. The molecule has 0 saturated carbocycles. The van der Waals surface area contributed by atoms with Crippen molar-refractivity contribution < 1.29 is 19.1 Å². The van der Waals surface area contributed by atoms with Crippen LogP contribution in [-0.4, -0.2) is 44.0 Å². The molecule has 0 heterocycles. The fraction of sp³-hybridized carbons (Fsp3) is 0.471. The van der Waals surface area contributed by atoms with Gasteiger partial charge in [0.25, 0.3) is 0 Å². The number of carbonyl (C=O) groups excluding carboxylic acids is 3. The van der Waals surface area contributed by atoms with Gasteiger partial charge in [-0.15, -0.1) is 12.4 Å². The van der Waals surface area contributed by atoms with Crippen molar-refractivity contribution in [1.29, 1.82) is 0 Å². The average molecular weight is 387 g/mol. The molecule has 0 unspecified atom stereocenters. The number of ether oxygens (including phenoxy) is 1. The van der Waals surface area contributed by atoms with Crippen LogP contribution in [0.3, 0.4) is 0 Å². The minimum absolute atomic E-state index is 0. The summed E-state index contributed by atoms with van der Waals surface area (Å²) in [5.74, 6) is -0.206. The van der Waals surface area contributed by atoms with Crippen LogP contribution in [0.15, 0.2) is 24.3 Å². The van der Waals surface area contributed by atoms with Crippen LogP contribution in [-0.2, 0) is 14.4 Å². The molecule has 0 bridgehead atoms. The van der Waals surface area contributed by atoms with Gasteiger partial charge in [-0.05, 0) is 30.2 Å². The molecule has 0 aromatic heterocycles. The van der Waals surface area contributed by atoms with E-state index in [0.29, 0.717) is 11.4 Å². The third-order valence-corrected chi connectivity index (χ3v) is 3.46. The fourth-order valence-corrected chi connectivity index (χ4v) is 1.81. The lowest BCUT2D eigenvalue weighted by Gasteiger charge is -2.15. The van der Waals surface area contributed by atoms with Crippen molar-refractivity contribution in [3.63, 3.8) is 0 Å². The van der Waals surface area contributed by atoms with E-state index < -0.39 is 6.04 Å². The van der Waals surface area contributed by atoms with E-state index in [4.69, 9.17) is 10.5 Å². The third kappa shape index (κ3) is 8.68. The summed E-state index contributed by atoms with van der Waals surface area (Å²) in [6, 6.07) is 6.09. The molecule has 0 aliphatic carbocycles. The highest BCUT2D eigenvalue weighted by atomic mass is 35.5. The zero-order chi connectivity index (χ0) is 18.8. The lowest BCUT2D eigenvalue weighted by molar-refractivity contribution is -0.125. The highest BCUT2D eigenvalue weighted by Crippen LogP contribution is 2.15. The van der Waals surface area contributed by atoms with Crippen LogP contribution in [0.25, 0.3) is 0 Å². The van der Waals surface area contributed by atoms with Gasteiger partial charge in [0.2, 0.25) is 17.7 Å². The minimum Gasteiger partial charge on any atom is -0.493 e. The van der Waals surface area contributed by atoms with Crippen LogP contribution in [0.1, 0.15) is 20.3 Å². The Kier molecular flexibility index (Phi) is 11.0. The van der Waals surface area contributed by atoms with E-state index in [1.807, 2.05) is 13.8 Å². The number of nitrogens with two attached hydrogens (primary N) is 1. The molecule has 1 atom stereocenters. The van der Waals surface area contributed by atoms with E-state index in [1.54, 1.807) is 31.3 Å². The first-order chi connectivity index (χ1) is 11.8. The quantitative estimate of drug-likeness (QED) is 0.496. The molecule has 5 N–H and O–H groups in total. The van der Waals surface area contributed by atoms with Crippen molar-refractivity contribution >= 4 is 35.8 Å². The number of rotatable bonds is 9. The Labute approximate surface area is 159 Å². The van der Waals surface area contributed by atoms with Gasteiger partial charge in [-0.1, -0.05) is 13.8 Å². The van der Waals surface area contributed by atoms with Crippen LogP contribution in [0.5, 0.6) is 5.75 Å². The second-order valence-corrected chi connectivity index (χ2v) is 5.83. The molecule has 0 aliphatic heterocycles. The summed E-state index contributed by atoms with van der Waals surface area (Å²) in [7, 11) is 1.57. The Hall–Kier alpha value is -2.32. The predicted octanol–water partition coefficient (Wildman–Crippen LogP) is 0.661. The Morgan fingerprint density at radius 1 is 1.12 bits per heavy atom. The third-order valence-electron chi connectivity index (χ3n) is 3.46. The average Bonchev–Trinajstić information content (AvgIpc) is 2.60. The highest BCUT2D eigenvalue weighted by molar-refractivity contribution is 5.95. The monoisotopic (exact) mass is 386 g/mol. The van der Waals surface area contributed by atoms with E-state index >= 15 is 0 Å². The largest absolute Gasteiger partial charge is 0.493 e. The molecule has 3 amide bonds. The van der Waals surface area contributed by atoms with Gasteiger partial charge in [0.05, 0.1) is 25.6 Å². The second-order valence-electron chi connectivity index (χ2n) is 5.83.